The van der Waals surface area contributed by atoms with E-state index in [9.17, 15) is 14.4 Å². The number of halogens is 2. The average Bonchev–Trinajstić information content (AvgIpc) is 2.64. The summed E-state index contributed by atoms with van der Waals surface area (Å²) >= 11 is 11.8. The Morgan fingerprint density at radius 1 is 1.04 bits per heavy atom. The Bertz CT molecular complexity index is 673. The Kier molecular flexibility index (Phi) is 11.5. The molecule has 1 aromatic rings. The van der Waals surface area contributed by atoms with E-state index in [1.54, 1.807) is 6.07 Å². The van der Waals surface area contributed by atoms with Gasteiger partial charge in [-0.15, -0.1) is 0 Å². The van der Waals surface area contributed by atoms with Gasteiger partial charge in [0.1, 0.15) is 11.8 Å². The maximum atomic E-state index is 12.3. The predicted octanol–water partition coefficient (Wildman–Crippen LogP) is 1.37. The molecular formula is C18H26Cl2N4O4. The number of hydrogen-bond donors (Lipinski definition) is 4. The van der Waals surface area contributed by atoms with Gasteiger partial charge in [0.15, 0.2) is 6.61 Å². The molecule has 156 valence electrons. The van der Waals surface area contributed by atoms with Crippen molar-refractivity contribution < 1.29 is 19.1 Å². The first-order valence-corrected chi connectivity index (χ1v) is 9.74. The zero-order valence-electron chi connectivity index (χ0n) is 15.5. The first-order chi connectivity index (χ1) is 13.4. The molecule has 0 heterocycles. The van der Waals surface area contributed by atoms with Gasteiger partial charge < -0.3 is 21.5 Å². The standard InChI is InChI=1S/C18H26Cl2N4O4/c19-12-6-7-15(13(20)10-12)28-11-17(26)24-18(27)14(4-3-9-22)23-16(25)5-1-2-8-21/h6-7,10,14H,1-5,8-9,11,21-22H2,(H,23,25)(H,24,26,27). The number of nitrogens with two attached hydrogens (primary N) is 2. The Balaban J connectivity index is 2.55. The molecule has 1 atom stereocenters. The topological polar surface area (TPSA) is 137 Å². The minimum Gasteiger partial charge on any atom is -0.482 e. The van der Waals surface area contributed by atoms with Gasteiger partial charge in [0.05, 0.1) is 5.02 Å². The lowest BCUT2D eigenvalue weighted by atomic mass is 10.1. The molecule has 0 radical (unpaired) electrons. The molecule has 0 saturated carbocycles. The summed E-state index contributed by atoms with van der Waals surface area (Å²) in [6.07, 6.45) is 2.45. The van der Waals surface area contributed by atoms with Gasteiger partial charge in [-0.25, -0.2) is 0 Å². The lowest BCUT2D eigenvalue weighted by Crippen LogP contribution is -2.49. The molecule has 0 spiro atoms. The Labute approximate surface area is 174 Å². The summed E-state index contributed by atoms with van der Waals surface area (Å²) in [7, 11) is 0. The van der Waals surface area contributed by atoms with E-state index in [0.717, 1.165) is 6.42 Å². The van der Waals surface area contributed by atoms with Crippen molar-refractivity contribution in [3.63, 3.8) is 0 Å². The van der Waals surface area contributed by atoms with E-state index in [4.69, 9.17) is 39.4 Å². The smallest absolute Gasteiger partial charge is 0.264 e. The van der Waals surface area contributed by atoms with Crippen LogP contribution >= 0.6 is 23.2 Å². The van der Waals surface area contributed by atoms with Gasteiger partial charge in [-0.3, -0.25) is 19.7 Å². The third-order valence-electron chi connectivity index (χ3n) is 3.72. The van der Waals surface area contributed by atoms with Crippen molar-refractivity contribution in [2.24, 2.45) is 11.5 Å². The molecule has 0 aliphatic carbocycles. The van der Waals surface area contributed by atoms with Gasteiger partial charge in [-0.05, 0) is 57.0 Å². The molecule has 0 aromatic heterocycles. The number of carbonyl (C=O) groups is 3. The number of hydrogen-bond acceptors (Lipinski definition) is 6. The van der Waals surface area contributed by atoms with Crippen LogP contribution < -0.4 is 26.8 Å². The summed E-state index contributed by atoms with van der Waals surface area (Å²) in [5.74, 6) is -1.29. The number of benzene rings is 1. The van der Waals surface area contributed by atoms with Crippen molar-refractivity contribution in [1.82, 2.24) is 10.6 Å². The Morgan fingerprint density at radius 2 is 1.75 bits per heavy atom. The molecule has 28 heavy (non-hydrogen) atoms. The van der Waals surface area contributed by atoms with Crippen LogP contribution in [-0.4, -0.2) is 43.5 Å². The largest absolute Gasteiger partial charge is 0.482 e. The highest BCUT2D eigenvalue weighted by Gasteiger charge is 2.22. The lowest BCUT2D eigenvalue weighted by Gasteiger charge is -2.18. The van der Waals surface area contributed by atoms with Crippen LogP contribution in [0.2, 0.25) is 10.0 Å². The quantitative estimate of drug-likeness (QED) is 0.368. The first kappa shape index (κ1) is 24.2. The van der Waals surface area contributed by atoms with Gasteiger partial charge in [-0.1, -0.05) is 23.2 Å². The van der Waals surface area contributed by atoms with E-state index in [0.29, 0.717) is 37.4 Å². The number of rotatable bonds is 12. The summed E-state index contributed by atoms with van der Waals surface area (Å²) in [6, 6.07) is 3.71. The lowest BCUT2D eigenvalue weighted by molar-refractivity contribution is -0.135. The molecule has 1 unspecified atom stereocenters. The highest BCUT2D eigenvalue weighted by molar-refractivity contribution is 6.35. The van der Waals surface area contributed by atoms with Crippen molar-refractivity contribution in [1.29, 1.82) is 0 Å². The summed E-state index contributed by atoms with van der Waals surface area (Å²) in [5.41, 5.74) is 10.9. The minimum absolute atomic E-state index is 0.247. The van der Waals surface area contributed by atoms with Crippen LogP contribution in [0.25, 0.3) is 0 Å². The number of unbranched alkanes of at least 4 members (excludes halogenated alkanes) is 1. The second kappa shape index (κ2) is 13.3. The second-order valence-electron chi connectivity index (χ2n) is 6.07. The Morgan fingerprint density at radius 3 is 2.39 bits per heavy atom. The van der Waals surface area contributed by atoms with Gasteiger partial charge in [-0.2, -0.15) is 0 Å². The highest BCUT2D eigenvalue weighted by atomic mass is 35.5. The van der Waals surface area contributed by atoms with Crippen LogP contribution in [0.3, 0.4) is 0 Å². The molecule has 0 aliphatic rings. The second-order valence-corrected chi connectivity index (χ2v) is 6.92. The Hall–Kier alpha value is -1.87. The van der Waals surface area contributed by atoms with Crippen molar-refractivity contribution in [2.75, 3.05) is 19.7 Å². The molecule has 3 amide bonds. The fourth-order valence-electron chi connectivity index (χ4n) is 2.28. The zero-order chi connectivity index (χ0) is 20.9. The molecule has 0 bridgehead atoms. The van der Waals surface area contributed by atoms with Crippen LogP contribution in [0.15, 0.2) is 18.2 Å². The van der Waals surface area contributed by atoms with Gasteiger partial charge in [0.2, 0.25) is 11.8 Å². The molecule has 10 heteroatoms. The van der Waals surface area contributed by atoms with Crippen LogP contribution in [0.1, 0.15) is 32.1 Å². The average molecular weight is 433 g/mol. The molecule has 0 saturated heterocycles. The number of amides is 3. The number of ether oxygens (including phenoxy) is 1. The third-order valence-corrected chi connectivity index (χ3v) is 4.25. The van der Waals surface area contributed by atoms with Gasteiger partial charge in [0, 0.05) is 11.4 Å². The summed E-state index contributed by atoms with van der Waals surface area (Å²) in [4.78, 5) is 36.3. The number of nitrogens with one attached hydrogen (secondary N) is 2. The van der Waals surface area contributed by atoms with Crippen molar-refractivity contribution in [3.8, 4) is 5.75 Å². The van der Waals surface area contributed by atoms with Crippen molar-refractivity contribution in [2.45, 2.75) is 38.1 Å². The fourth-order valence-corrected chi connectivity index (χ4v) is 2.75. The molecule has 0 aliphatic heterocycles. The van der Waals surface area contributed by atoms with Gasteiger partial charge in [0.25, 0.3) is 5.91 Å². The van der Waals surface area contributed by atoms with E-state index in [-0.39, 0.29) is 23.1 Å². The molecule has 1 rings (SSSR count). The number of imide groups is 1. The third kappa shape index (κ3) is 9.36. The SMILES string of the molecule is NCCCCC(=O)NC(CCCN)C(=O)NC(=O)COc1ccc(Cl)cc1Cl. The molecule has 8 nitrogen and oxygen atoms in total. The van der Waals surface area contributed by atoms with Crippen LogP contribution in [0.4, 0.5) is 0 Å². The van der Waals surface area contributed by atoms with E-state index in [1.165, 1.54) is 12.1 Å². The first-order valence-electron chi connectivity index (χ1n) is 8.98. The van der Waals surface area contributed by atoms with Crippen LogP contribution in [0, 0.1) is 0 Å². The van der Waals surface area contributed by atoms with Gasteiger partial charge >= 0.3 is 0 Å². The highest BCUT2D eigenvalue weighted by Crippen LogP contribution is 2.27. The molecular weight excluding hydrogens is 407 g/mol. The molecule has 6 N–H and O–H groups in total. The van der Waals surface area contributed by atoms with E-state index >= 15 is 0 Å². The zero-order valence-corrected chi connectivity index (χ0v) is 17.0. The summed E-state index contributed by atoms with van der Waals surface area (Å²) in [5, 5.41) is 5.52. The molecule has 1 aromatic carbocycles. The van der Waals surface area contributed by atoms with Crippen molar-refractivity contribution in [3.05, 3.63) is 28.2 Å². The summed E-state index contributed by atoms with van der Waals surface area (Å²) < 4.78 is 5.29. The summed E-state index contributed by atoms with van der Waals surface area (Å²) in [6.45, 7) is 0.441. The normalized spacial score (nSPS) is 11.6. The maximum absolute atomic E-state index is 12.3. The van der Waals surface area contributed by atoms with E-state index in [1.807, 2.05) is 0 Å². The van der Waals surface area contributed by atoms with E-state index in [2.05, 4.69) is 10.6 Å². The van der Waals surface area contributed by atoms with E-state index < -0.39 is 24.5 Å². The minimum atomic E-state index is -0.850. The van der Waals surface area contributed by atoms with Crippen LogP contribution in [0.5, 0.6) is 5.75 Å². The van der Waals surface area contributed by atoms with Crippen LogP contribution in [-0.2, 0) is 14.4 Å². The predicted molar refractivity (Wildman–Crippen MR) is 108 cm³/mol. The molecule has 0 fully saturated rings. The number of carbonyl (C=O) groups excluding carboxylic acids is 3. The monoisotopic (exact) mass is 432 g/mol. The maximum Gasteiger partial charge on any atom is 0.264 e. The van der Waals surface area contributed by atoms with Crippen molar-refractivity contribution >= 4 is 40.9 Å². The fraction of sp³-hybridized carbons (Fsp3) is 0.500.